The van der Waals surface area contributed by atoms with Crippen LogP contribution in [0.2, 0.25) is 0 Å². The molecule has 1 aromatic carbocycles. The lowest BCUT2D eigenvalue weighted by Crippen LogP contribution is -2.35. The molecule has 1 fully saturated rings. The molecule has 1 aliphatic rings. The predicted octanol–water partition coefficient (Wildman–Crippen LogP) is 1.79. The molecule has 0 saturated carbocycles. The number of nitrogens with one attached hydrogen (secondary N) is 1. The summed E-state index contributed by atoms with van der Waals surface area (Å²) in [5.74, 6) is -0.483. The van der Waals surface area contributed by atoms with Gasteiger partial charge in [-0.3, -0.25) is 10.1 Å². The lowest BCUT2D eigenvalue weighted by Gasteiger charge is -2.17. The van der Waals surface area contributed by atoms with E-state index in [2.05, 4.69) is 5.32 Å². The van der Waals surface area contributed by atoms with Crippen LogP contribution in [0.25, 0.3) is 0 Å². The van der Waals surface area contributed by atoms with E-state index in [0.29, 0.717) is 13.0 Å². The minimum atomic E-state index is -0.265. The first-order chi connectivity index (χ1) is 7.66. The summed E-state index contributed by atoms with van der Waals surface area (Å²) in [6.45, 7) is 2.37. The monoisotopic (exact) mass is 223 g/mol. The van der Waals surface area contributed by atoms with Gasteiger partial charge in [0.05, 0.1) is 6.61 Å². The summed E-state index contributed by atoms with van der Waals surface area (Å²) in [7, 11) is 0. The molecular weight excluding hydrogens is 209 g/mol. The first-order valence-corrected chi connectivity index (χ1v) is 5.35. The maximum Gasteiger partial charge on any atom is 0.323 e. The van der Waals surface area contributed by atoms with E-state index in [9.17, 15) is 9.18 Å². The summed E-state index contributed by atoms with van der Waals surface area (Å²) < 4.78 is 17.8. The lowest BCUT2D eigenvalue weighted by atomic mass is 10.1. The fraction of sp³-hybridized carbons (Fsp3) is 0.417. The van der Waals surface area contributed by atoms with Crippen LogP contribution in [0.4, 0.5) is 4.39 Å². The van der Waals surface area contributed by atoms with E-state index in [1.54, 1.807) is 6.07 Å². The van der Waals surface area contributed by atoms with Crippen LogP contribution < -0.4 is 5.32 Å². The van der Waals surface area contributed by atoms with Crippen LogP contribution in [0, 0.1) is 5.82 Å². The van der Waals surface area contributed by atoms with Gasteiger partial charge in [0.15, 0.2) is 0 Å². The number of rotatable bonds is 3. The first kappa shape index (κ1) is 11.1. The van der Waals surface area contributed by atoms with E-state index in [-0.39, 0.29) is 23.9 Å². The zero-order valence-corrected chi connectivity index (χ0v) is 9.07. The van der Waals surface area contributed by atoms with Gasteiger partial charge in [0.2, 0.25) is 0 Å². The molecule has 4 heteroatoms. The van der Waals surface area contributed by atoms with Crippen molar-refractivity contribution in [3.63, 3.8) is 0 Å². The van der Waals surface area contributed by atoms with Crippen LogP contribution in [0.15, 0.2) is 24.3 Å². The molecule has 0 amide bonds. The smallest absolute Gasteiger partial charge is 0.323 e. The van der Waals surface area contributed by atoms with Gasteiger partial charge in [0.25, 0.3) is 0 Å². The summed E-state index contributed by atoms with van der Waals surface area (Å²) in [4.78, 5) is 11.2. The molecule has 16 heavy (non-hydrogen) atoms. The quantitative estimate of drug-likeness (QED) is 0.794. The highest BCUT2D eigenvalue weighted by molar-refractivity contribution is 5.77. The molecule has 3 nitrogen and oxygen atoms in total. The Bertz CT molecular complexity index is 394. The summed E-state index contributed by atoms with van der Waals surface area (Å²) >= 11 is 0. The van der Waals surface area contributed by atoms with Crippen LogP contribution in [-0.2, 0) is 9.53 Å². The molecule has 0 aromatic heterocycles. The highest BCUT2D eigenvalue weighted by Gasteiger charge is 2.27. The number of carbonyl (C=O) groups is 1. The molecule has 0 radical (unpaired) electrons. The van der Waals surface area contributed by atoms with Crippen molar-refractivity contribution in [3.05, 3.63) is 35.6 Å². The average molecular weight is 223 g/mol. The zero-order chi connectivity index (χ0) is 11.5. The molecule has 86 valence electrons. The third kappa shape index (κ3) is 2.39. The molecule has 2 unspecified atom stereocenters. The van der Waals surface area contributed by atoms with Crippen molar-refractivity contribution >= 4 is 5.97 Å². The molecule has 0 spiro atoms. The minimum Gasteiger partial charge on any atom is -0.464 e. The molecule has 1 N–H and O–H groups in total. The molecule has 1 aromatic rings. The molecule has 1 aliphatic heterocycles. The lowest BCUT2D eigenvalue weighted by molar-refractivity contribution is -0.139. The van der Waals surface area contributed by atoms with Crippen molar-refractivity contribution in [1.29, 1.82) is 0 Å². The Hall–Kier alpha value is -1.42. The van der Waals surface area contributed by atoms with E-state index in [1.807, 2.05) is 13.0 Å². The zero-order valence-electron chi connectivity index (χ0n) is 9.07. The van der Waals surface area contributed by atoms with E-state index in [4.69, 9.17) is 4.74 Å². The Labute approximate surface area is 93.6 Å². The van der Waals surface area contributed by atoms with Crippen molar-refractivity contribution in [2.45, 2.75) is 25.4 Å². The van der Waals surface area contributed by atoms with Gasteiger partial charge in [0.1, 0.15) is 11.9 Å². The maximum absolute atomic E-state index is 13.0. The number of halogens is 1. The average Bonchev–Trinajstić information content (AvgIpc) is 2.64. The van der Waals surface area contributed by atoms with Gasteiger partial charge < -0.3 is 4.74 Å². The second-order valence-corrected chi connectivity index (χ2v) is 3.95. The molecule has 1 heterocycles. The second-order valence-electron chi connectivity index (χ2n) is 3.95. The molecule has 0 aliphatic carbocycles. The number of cyclic esters (lactones) is 1. The van der Waals surface area contributed by atoms with Gasteiger partial charge in [-0.05, 0) is 24.6 Å². The molecule has 0 bridgehead atoms. The van der Waals surface area contributed by atoms with Gasteiger partial charge in [-0.2, -0.15) is 0 Å². The van der Waals surface area contributed by atoms with E-state index in [0.717, 1.165) is 5.56 Å². The van der Waals surface area contributed by atoms with E-state index < -0.39 is 0 Å². The van der Waals surface area contributed by atoms with Crippen molar-refractivity contribution in [3.8, 4) is 0 Å². The Morgan fingerprint density at radius 2 is 2.38 bits per heavy atom. The summed E-state index contributed by atoms with van der Waals surface area (Å²) in [5, 5.41) is 3.13. The van der Waals surface area contributed by atoms with Gasteiger partial charge in [-0.25, -0.2) is 4.39 Å². The third-order valence-electron chi connectivity index (χ3n) is 2.74. The fourth-order valence-electron chi connectivity index (χ4n) is 1.82. The first-order valence-electron chi connectivity index (χ1n) is 5.35. The number of hydrogen-bond acceptors (Lipinski definition) is 3. The largest absolute Gasteiger partial charge is 0.464 e. The SMILES string of the molecule is CC(NC1CCOC1=O)c1cccc(F)c1. The van der Waals surface area contributed by atoms with Crippen LogP contribution in [-0.4, -0.2) is 18.6 Å². The maximum atomic E-state index is 13.0. The Morgan fingerprint density at radius 1 is 1.56 bits per heavy atom. The van der Waals surface area contributed by atoms with Crippen molar-refractivity contribution in [2.75, 3.05) is 6.61 Å². The predicted molar refractivity (Wildman–Crippen MR) is 57.3 cm³/mol. The molecule has 2 atom stereocenters. The second kappa shape index (κ2) is 4.61. The summed E-state index contributed by atoms with van der Waals surface area (Å²) in [6.07, 6.45) is 0.679. The highest BCUT2D eigenvalue weighted by atomic mass is 19.1. The topological polar surface area (TPSA) is 38.3 Å². The van der Waals surface area contributed by atoms with Crippen LogP contribution in [0.5, 0.6) is 0 Å². The van der Waals surface area contributed by atoms with Gasteiger partial charge in [0, 0.05) is 12.5 Å². The summed E-state index contributed by atoms with van der Waals surface area (Å²) in [5.41, 5.74) is 0.833. The number of esters is 1. The normalized spacial score (nSPS) is 21.9. The van der Waals surface area contributed by atoms with E-state index in [1.165, 1.54) is 12.1 Å². The van der Waals surface area contributed by atoms with Crippen LogP contribution in [0.3, 0.4) is 0 Å². The third-order valence-corrected chi connectivity index (χ3v) is 2.74. The highest BCUT2D eigenvalue weighted by Crippen LogP contribution is 2.16. The minimum absolute atomic E-state index is 0.0636. The van der Waals surface area contributed by atoms with Crippen molar-refractivity contribution in [1.82, 2.24) is 5.32 Å². The number of carbonyl (C=O) groups excluding carboxylic acids is 1. The van der Waals surface area contributed by atoms with Crippen LogP contribution in [0.1, 0.15) is 24.9 Å². The van der Waals surface area contributed by atoms with Crippen LogP contribution >= 0.6 is 0 Å². The van der Waals surface area contributed by atoms with Gasteiger partial charge in [-0.1, -0.05) is 12.1 Å². The van der Waals surface area contributed by atoms with Gasteiger partial charge >= 0.3 is 5.97 Å². The Kier molecular flexibility index (Phi) is 3.19. The number of benzene rings is 1. The Balaban J connectivity index is 2.02. The van der Waals surface area contributed by atoms with Gasteiger partial charge in [-0.15, -0.1) is 0 Å². The molecule has 1 saturated heterocycles. The number of hydrogen-bond donors (Lipinski definition) is 1. The van der Waals surface area contributed by atoms with Crippen molar-refractivity contribution in [2.24, 2.45) is 0 Å². The standard InChI is InChI=1S/C12H14FNO2/c1-8(9-3-2-4-10(13)7-9)14-11-5-6-16-12(11)15/h2-4,7-8,11,14H,5-6H2,1H3. The van der Waals surface area contributed by atoms with E-state index >= 15 is 0 Å². The molecule has 2 rings (SSSR count). The fourth-order valence-corrected chi connectivity index (χ4v) is 1.82. The Morgan fingerprint density at radius 3 is 3.00 bits per heavy atom. The number of ether oxygens (including phenoxy) is 1. The van der Waals surface area contributed by atoms with Crippen molar-refractivity contribution < 1.29 is 13.9 Å². The molecular formula is C12H14FNO2. The summed E-state index contributed by atoms with van der Waals surface area (Å²) in [6, 6.07) is 6.04.